The minimum atomic E-state index is -0.399. The van der Waals surface area contributed by atoms with E-state index in [1.54, 1.807) is 6.92 Å². The molecule has 0 amide bonds. The van der Waals surface area contributed by atoms with Crippen LogP contribution in [0, 0.1) is 0 Å². The minimum Gasteiger partial charge on any atom is -0.391 e. The summed E-state index contributed by atoms with van der Waals surface area (Å²) in [5.74, 6) is 0. The Morgan fingerprint density at radius 1 is 1.38 bits per heavy atom. The van der Waals surface area contributed by atoms with Crippen LogP contribution < -0.4 is 0 Å². The molecule has 6 heteroatoms. The lowest BCUT2D eigenvalue weighted by Gasteiger charge is -2.32. The highest BCUT2D eigenvalue weighted by molar-refractivity contribution is 5.63. The first kappa shape index (κ1) is 15.6. The first-order chi connectivity index (χ1) is 10.3. The van der Waals surface area contributed by atoms with Gasteiger partial charge in [-0.25, -0.2) is 0 Å². The topological polar surface area (TPSA) is 66.4 Å². The molecule has 0 unspecified atom stereocenters. The molecule has 1 saturated heterocycles. The van der Waals surface area contributed by atoms with E-state index >= 15 is 0 Å². The highest BCUT2D eigenvalue weighted by Crippen LogP contribution is 2.14. The summed E-state index contributed by atoms with van der Waals surface area (Å²) in [6.07, 6.45) is 1.13. The van der Waals surface area contributed by atoms with Crippen molar-refractivity contribution < 1.29 is 23.8 Å². The second-order valence-corrected chi connectivity index (χ2v) is 4.55. The Morgan fingerprint density at radius 3 is 2.95 bits per heavy atom. The van der Waals surface area contributed by atoms with Crippen LogP contribution in [0.25, 0.3) is 0 Å². The van der Waals surface area contributed by atoms with E-state index in [0.29, 0.717) is 19.5 Å². The van der Waals surface area contributed by atoms with E-state index in [1.807, 2.05) is 30.3 Å². The summed E-state index contributed by atoms with van der Waals surface area (Å²) in [6.45, 7) is 2.53. The lowest BCUT2D eigenvalue weighted by molar-refractivity contribution is -0.233. The summed E-state index contributed by atoms with van der Waals surface area (Å²) < 4.78 is 16.2. The zero-order chi connectivity index (χ0) is 14.9. The van der Waals surface area contributed by atoms with E-state index < -0.39 is 6.10 Å². The Hall–Kier alpha value is -1.76. The molecular formula is C15H19NO5. The molecule has 2 rings (SSSR count). The van der Waals surface area contributed by atoms with Crippen molar-refractivity contribution in [3.05, 3.63) is 35.9 Å². The van der Waals surface area contributed by atoms with Crippen molar-refractivity contribution in [2.45, 2.75) is 32.0 Å². The number of ether oxygens (including phenoxy) is 3. The molecule has 114 valence electrons. The monoisotopic (exact) mass is 293 g/mol. The van der Waals surface area contributed by atoms with Crippen molar-refractivity contribution in [2.24, 2.45) is 5.16 Å². The molecule has 0 aliphatic carbocycles. The molecule has 3 atom stereocenters. The average molecular weight is 293 g/mol. The van der Waals surface area contributed by atoms with Crippen molar-refractivity contribution in [1.82, 2.24) is 0 Å². The number of carbonyl (C=O) groups excluding carboxylic acids is 1. The number of benzene rings is 1. The Morgan fingerprint density at radius 2 is 2.19 bits per heavy atom. The van der Waals surface area contributed by atoms with Crippen molar-refractivity contribution in [3.8, 4) is 0 Å². The van der Waals surface area contributed by atoms with E-state index in [0.717, 1.165) is 5.56 Å². The molecule has 21 heavy (non-hydrogen) atoms. The van der Waals surface area contributed by atoms with Gasteiger partial charge in [-0.3, -0.25) is 0 Å². The van der Waals surface area contributed by atoms with Gasteiger partial charge in [-0.1, -0.05) is 35.5 Å². The largest absolute Gasteiger partial charge is 0.391 e. The number of rotatable bonds is 7. The van der Waals surface area contributed by atoms with Crippen LogP contribution >= 0.6 is 0 Å². The zero-order valence-corrected chi connectivity index (χ0v) is 11.9. The van der Waals surface area contributed by atoms with Gasteiger partial charge in [-0.15, -0.1) is 0 Å². The van der Waals surface area contributed by atoms with Gasteiger partial charge in [0.1, 0.15) is 31.7 Å². The quantitative estimate of drug-likeness (QED) is 0.433. The number of nitrogens with zero attached hydrogens (tertiary/aromatic N) is 1. The summed E-state index contributed by atoms with van der Waals surface area (Å²) in [5.41, 5.74) is 1.03. The molecule has 0 N–H and O–H groups in total. The smallest absolute Gasteiger partial charge is 0.155 e. The Bertz CT molecular complexity index is 451. The first-order valence-electron chi connectivity index (χ1n) is 6.81. The van der Waals surface area contributed by atoms with Crippen LogP contribution in [-0.2, 0) is 30.4 Å². The second-order valence-electron chi connectivity index (χ2n) is 4.55. The van der Waals surface area contributed by atoms with Crippen LogP contribution in [0.5, 0.6) is 0 Å². The number of oxime groups is 1. The van der Waals surface area contributed by atoms with Gasteiger partial charge in [0.15, 0.2) is 6.29 Å². The molecule has 1 aromatic rings. The molecule has 0 saturated carbocycles. The van der Waals surface area contributed by atoms with Crippen LogP contribution in [0.2, 0.25) is 0 Å². The standard InChI is InChI=1S/C15H19NO5/c1-12-19-11-15(18-8-7-17)14(21-12)9-16-20-10-13-5-3-2-4-6-13/h2-7,9,12,14-15H,8,10-11H2,1H3/b16-9+/t12-,14+,15-/m1/s1. The van der Waals surface area contributed by atoms with E-state index in [-0.39, 0.29) is 19.0 Å². The number of carbonyl (C=O) groups is 1. The molecule has 1 fully saturated rings. The van der Waals surface area contributed by atoms with Gasteiger partial charge < -0.3 is 23.8 Å². The highest BCUT2D eigenvalue weighted by Gasteiger charge is 2.29. The lowest BCUT2D eigenvalue weighted by atomic mass is 10.2. The fraction of sp³-hybridized carbons (Fsp3) is 0.467. The van der Waals surface area contributed by atoms with Crippen molar-refractivity contribution in [1.29, 1.82) is 0 Å². The maximum absolute atomic E-state index is 10.4. The van der Waals surface area contributed by atoms with Crippen molar-refractivity contribution in [2.75, 3.05) is 13.2 Å². The molecule has 0 aromatic heterocycles. The molecule has 0 spiro atoms. The fourth-order valence-electron chi connectivity index (χ4n) is 1.90. The molecule has 6 nitrogen and oxygen atoms in total. The van der Waals surface area contributed by atoms with E-state index in [4.69, 9.17) is 19.0 Å². The third-order valence-electron chi connectivity index (χ3n) is 2.95. The van der Waals surface area contributed by atoms with Gasteiger partial charge in [0.2, 0.25) is 0 Å². The van der Waals surface area contributed by atoms with Gasteiger partial charge in [0, 0.05) is 0 Å². The predicted octanol–water partition coefficient (Wildman–Crippen LogP) is 1.53. The SMILES string of the molecule is C[C@@H]1OC[C@@H](OCC=O)[C@H](/C=N/OCc2ccccc2)O1. The average Bonchev–Trinajstić information content (AvgIpc) is 2.52. The highest BCUT2D eigenvalue weighted by atomic mass is 16.7. The minimum absolute atomic E-state index is 0.000972. The fourth-order valence-corrected chi connectivity index (χ4v) is 1.90. The van der Waals surface area contributed by atoms with E-state index in [1.165, 1.54) is 6.21 Å². The van der Waals surface area contributed by atoms with Gasteiger partial charge >= 0.3 is 0 Å². The second kappa shape index (κ2) is 8.51. The summed E-state index contributed by atoms with van der Waals surface area (Å²) >= 11 is 0. The molecule has 1 heterocycles. The van der Waals surface area contributed by atoms with Crippen LogP contribution in [0.1, 0.15) is 12.5 Å². The first-order valence-corrected chi connectivity index (χ1v) is 6.81. The normalized spacial score (nSPS) is 25.9. The maximum Gasteiger partial charge on any atom is 0.155 e. The molecule has 1 aliphatic heterocycles. The third kappa shape index (κ3) is 5.26. The molecular weight excluding hydrogens is 274 g/mol. The Labute approximate surface area is 123 Å². The van der Waals surface area contributed by atoms with Gasteiger partial charge in [-0.05, 0) is 12.5 Å². The van der Waals surface area contributed by atoms with Crippen LogP contribution in [0.4, 0.5) is 0 Å². The van der Waals surface area contributed by atoms with Crippen LogP contribution in [0.15, 0.2) is 35.5 Å². The lowest BCUT2D eigenvalue weighted by Crippen LogP contribution is -2.45. The van der Waals surface area contributed by atoms with E-state index in [2.05, 4.69) is 5.16 Å². The zero-order valence-electron chi connectivity index (χ0n) is 11.9. The van der Waals surface area contributed by atoms with Gasteiger partial charge in [0.05, 0.1) is 12.8 Å². The van der Waals surface area contributed by atoms with Crippen LogP contribution in [-0.4, -0.2) is 44.2 Å². The van der Waals surface area contributed by atoms with Gasteiger partial charge in [-0.2, -0.15) is 0 Å². The number of hydrogen-bond acceptors (Lipinski definition) is 6. The van der Waals surface area contributed by atoms with Crippen molar-refractivity contribution in [3.63, 3.8) is 0 Å². The van der Waals surface area contributed by atoms with Crippen LogP contribution in [0.3, 0.4) is 0 Å². The number of hydrogen-bond donors (Lipinski definition) is 0. The third-order valence-corrected chi connectivity index (χ3v) is 2.95. The molecule has 1 aliphatic rings. The summed E-state index contributed by atoms with van der Waals surface area (Å²) in [5, 5.41) is 3.91. The van der Waals surface area contributed by atoms with Crippen molar-refractivity contribution >= 4 is 12.5 Å². The molecule has 0 bridgehead atoms. The summed E-state index contributed by atoms with van der Waals surface area (Å²) in [4.78, 5) is 15.6. The maximum atomic E-state index is 10.4. The Balaban J connectivity index is 1.82. The molecule has 0 radical (unpaired) electrons. The number of aldehydes is 1. The Kier molecular flexibility index (Phi) is 6.33. The van der Waals surface area contributed by atoms with E-state index in [9.17, 15) is 4.79 Å². The summed E-state index contributed by atoms with van der Waals surface area (Å²) in [7, 11) is 0. The summed E-state index contributed by atoms with van der Waals surface area (Å²) in [6, 6.07) is 9.74. The predicted molar refractivity (Wildman–Crippen MR) is 75.8 cm³/mol. The molecule has 1 aromatic carbocycles. The van der Waals surface area contributed by atoms with Gasteiger partial charge in [0.25, 0.3) is 0 Å².